The standard InChI is InChI=1S/C22H19F2N3O2/c23-18-9-8-17(14-19(18)24)27-22(29)20-13-16(10-12-25-20)21(28)26-11-4-7-15-5-2-1-3-6-15/h1-3,5-6,8-10,12-14H,4,7,11H2,(H,26,28)(H,27,29). The lowest BCUT2D eigenvalue weighted by atomic mass is 10.1. The lowest BCUT2D eigenvalue weighted by Crippen LogP contribution is -2.25. The van der Waals surface area contributed by atoms with E-state index in [-0.39, 0.29) is 22.9 Å². The molecule has 0 radical (unpaired) electrons. The van der Waals surface area contributed by atoms with Crippen LogP contribution in [-0.2, 0) is 6.42 Å². The number of benzene rings is 2. The topological polar surface area (TPSA) is 71.1 Å². The third-order valence-electron chi connectivity index (χ3n) is 4.20. The summed E-state index contributed by atoms with van der Waals surface area (Å²) in [5.41, 5.74) is 1.56. The second-order valence-electron chi connectivity index (χ2n) is 6.36. The molecule has 0 saturated heterocycles. The molecule has 29 heavy (non-hydrogen) atoms. The van der Waals surface area contributed by atoms with Gasteiger partial charge in [-0.25, -0.2) is 8.78 Å². The highest BCUT2D eigenvalue weighted by atomic mass is 19.2. The Bertz CT molecular complexity index is 1010. The van der Waals surface area contributed by atoms with Crippen molar-refractivity contribution in [1.82, 2.24) is 10.3 Å². The summed E-state index contributed by atoms with van der Waals surface area (Å²) in [6, 6.07) is 15.8. The highest BCUT2D eigenvalue weighted by Crippen LogP contribution is 2.14. The van der Waals surface area contributed by atoms with E-state index in [1.54, 1.807) is 0 Å². The highest BCUT2D eigenvalue weighted by Gasteiger charge is 2.13. The molecule has 7 heteroatoms. The van der Waals surface area contributed by atoms with Gasteiger partial charge >= 0.3 is 0 Å². The van der Waals surface area contributed by atoms with Crippen molar-refractivity contribution < 1.29 is 18.4 Å². The number of carbonyl (C=O) groups is 2. The van der Waals surface area contributed by atoms with Crippen molar-refractivity contribution >= 4 is 17.5 Å². The van der Waals surface area contributed by atoms with Gasteiger partial charge in [0, 0.05) is 30.1 Å². The number of pyridine rings is 1. The number of rotatable bonds is 7. The van der Waals surface area contributed by atoms with Crippen LogP contribution in [0.15, 0.2) is 66.9 Å². The third-order valence-corrected chi connectivity index (χ3v) is 4.20. The van der Waals surface area contributed by atoms with Crippen LogP contribution in [0.2, 0.25) is 0 Å². The van der Waals surface area contributed by atoms with Gasteiger partial charge in [0.2, 0.25) is 0 Å². The van der Waals surface area contributed by atoms with E-state index in [1.807, 2.05) is 30.3 Å². The molecule has 0 aliphatic carbocycles. The van der Waals surface area contributed by atoms with Crippen LogP contribution < -0.4 is 10.6 Å². The average molecular weight is 395 g/mol. The van der Waals surface area contributed by atoms with Crippen LogP contribution in [0.4, 0.5) is 14.5 Å². The van der Waals surface area contributed by atoms with E-state index in [4.69, 9.17) is 0 Å². The molecule has 0 bridgehead atoms. The lowest BCUT2D eigenvalue weighted by Gasteiger charge is -2.08. The number of hydrogen-bond acceptors (Lipinski definition) is 3. The molecule has 2 N–H and O–H groups in total. The van der Waals surface area contributed by atoms with E-state index in [9.17, 15) is 18.4 Å². The van der Waals surface area contributed by atoms with Crippen LogP contribution in [0.3, 0.4) is 0 Å². The van der Waals surface area contributed by atoms with Crippen LogP contribution in [0.1, 0.15) is 32.8 Å². The molecule has 1 heterocycles. The highest BCUT2D eigenvalue weighted by molar-refractivity contribution is 6.04. The van der Waals surface area contributed by atoms with Crippen LogP contribution >= 0.6 is 0 Å². The summed E-state index contributed by atoms with van der Waals surface area (Å²) in [5, 5.41) is 5.23. The van der Waals surface area contributed by atoms with Crippen molar-refractivity contribution in [3.63, 3.8) is 0 Å². The molecule has 3 rings (SSSR count). The maximum atomic E-state index is 13.3. The molecule has 0 atom stereocenters. The van der Waals surface area contributed by atoms with Gasteiger partial charge in [-0.15, -0.1) is 0 Å². The normalized spacial score (nSPS) is 10.4. The van der Waals surface area contributed by atoms with Crippen molar-refractivity contribution in [3.8, 4) is 0 Å². The molecule has 0 aliphatic heterocycles. The Morgan fingerprint density at radius 2 is 1.69 bits per heavy atom. The summed E-state index contributed by atoms with van der Waals surface area (Å²) in [7, 11) is 0. The quantitative estimate of drug-likeness (QED) is 0.595. The zero-order chi connectivity index (χ0) is 20.6. The van der Waals surface area contributed by atoms with Gasteiger partial charge in [-0.05, 0) is 42.7 Å². The number of hydrogen-bond donors (Lipinski definition) is 2. The molecule has 0 spiro atoms. The molecule has 5 nitrogen and oxygen atoms in total. The Morgan fingerprint density at radius 3 is 2.45 bits per heavy atom. The maximum absolute atomic E-state index is 13.3. The molecular weight excluding hydrogens is 376 g/mol. The third kappa shape index (κ3) is 5.68. The molecule has 0 unspecified atom stereocenters. The van der Waals surface area contributed by atoms with Gasteiger partial charge in [-0.2, -0.15) is 0 Å². The second kappa shape index (κ2) is 9.54. The zero-order valence-electron chi connectivity index (χ0n) is 15.5. The number of aromatic nitrogens is 1. The van der Waals surface area contributed by atoms with Gasteiger partial charge in [-0.3, -0.25) is 14.6 Å². The van der Waals surface area contributed by atoms with Gasteiger partial charge in [0.05, 0.1) is 0 Å². The lowest BCUT2D eigenvalue weighted by molar-refractivity contribution is 0.0953. The first-order valence-electron chi connectivity index (χ1n) is 9.07. The number of nitrogens with one attached hydrogen (secondary N) is 2. The largest absolute Gasteiger partial charge is 0.352 e. The molecule has 0 aliphatic rings. The van der Waals surface area contributed by atoms with Gasteiger partial charge < -0.3 is 10.6 Å². The Labute approximate surface area is 166 Å². The van der Waals surface area contributed by atoms with Crippen molar-refractivity contribution in [2.75, 3.05) is 11.9 Å². The smallest absolute Gasteiger partial charge is 0.274 e. The fraction of sp³-hybridized carbons (Fsp3) is 0.136. The maximum Gasteiger partial charge on any atom is 0.274 e. The van der Waals surface area contributed by atoms with Crippen molar-refractivity contribution in [1.29, 1.82) is 0 Å². The molecule has 1 aromatic heterocycles. The molecular formula is C22H19F2N3O2. The SMILES string of the molecule is O=C(NCCCc1ccccc1)c1ccnc(C(=O)Nc2ccc(F)c(F)c2)c1. The molecule has 0 saturated carbocycles. The molecule has 3 aromatic rings. The first kappa shape index (κ1) is 20.1. The van der Waals surface area contributed by atoms with Crippen LogP contribution in [0.5, 0.6) is 0 Å². The number of nitrogens with zero attached hydrogens (tertiary/aromatic N) is 1. The number of amides is 2. The van der Waals surface area contributed by atoms with Crippen LogP contribution in [0, 0.1) is 11.6 Å². The van der Waals surface area contributed by atoms with E-state index in [2.05, 4.69) is 15.6 Å². The summed E-state index contributed by atoms with van der Waals surface area (Å²) in [5.74, 6) is -3.02. The van der Waals surface area contributed by atoms with Crippen LogP contribution in [-0.4, -0.2) is 23.3 Å². The summed E-state index contributed by atoms with van der Waals surface area (Å²) >= 11 is 0. The Morgan fingerprint density at radius 1 is 0.897 bits per heavy atom. The predicted molar refractivity (Wildman–Crippen MR) is 106 cm³/mol. The monoisotopic (exact) mass is 395 g/mol. The number of aryl methyl sites for hydroxylation is 1. The Balaban J connectivity index is 1.55. The van der Waals surface area contributed by atoms with Crippen molar-refractivity contribution in [3.05, 3.63) is 95.3 Å². The number of anilines is 1. The van der Waals surface area contributed by atoms with E-state index < -0.39 is 17.5 Å². The van der Waals surface area contributed by atoms with Gasteiger partial charge in [0.1, 0.15) is 5.69 Å². The number of halogens is 2. The fourth-order valence-corrected chi connectivity index (χ4v) is 2.71. The minimum atomic E-state index is -1.07. The first-order chi connectivity index (χ1) is 14.0. The Hall–Kier alpha value is -3.61. The van der Waals surface area contributed by atoms with E-state index in [0.29, 0.717) is 6.54 Å². The number of carbonyl (C=O) groups excluding carboxylic acids is 2. The summed E-state index contributed by atoms with van der Waals surface area (Å²) < 4.78 is 26.2. The Kier molecular flexibility index (Phi) is 6.63. The molecule has 148 valence electrons. The first-order valence-corrected chi connectivity index (χ1v) is 9.07. The van der Waals surface area contributed by atoms with E-state index in [0.717, 1.165) is 25.0 Å². The van der Waals surface area contributed by atoms with Gasteiger partial charge in [0.15, 0.2) is 11.6 Å². The van der Waals surface area contributed by atoms with E-state index in [1.165, 1.54) is 30.0 Å². The van der Waals surface area contributed by atoms with Crippen molar-refractivity contribution in [2.45, 2.75) is 12.8 Å². The predicted octanol–water partition coefficient (Wildman–Crippen LogP) is 3.97. The molecule has 2 amide bonds. The van der Waals surface area contributed by atoms with E-state index >= 15 is 0 Å². The summed E-state index contributed by atoms with van der Waals surface area (Å²) in [6.45, 7) is 0.492. The molecule has 0 fully saturated rings. The second-order valence-corrected chi connectivity index (χ2v) is 6.36. The summed E-state index contributed by atoms with van der Waals surface area (Å²) in [6.07, 6.45) is 2.97. The zero-order valence-corrected chi connectivity index (χ0v) is 15.5. The van der Waals surface area contributed by atoms with Gasteiger partial charge in [-0.1, -0.05) is 30.3 Å². The van der Waals surface area contributed by atoms with Crippen molar-refractivity contribution in [2.24, 2.45) is 0 Å². The average Bonchev–Trinajstić information content (AvgIpc) is 2.74. The molecule has 2 aromatic carbocycles. The minimum Gasteiger partial charge on any atom is -0.352 e. The fourth-order valence-electron chi connectivity index (χ4n) is 2.71. The minimum absolute atomic E-state index is 0.00771. The summed E-state index contributed by atoms with van der Waals surface area (Å²) in [4.78, 5) is 28.5. The van der Waals surface area contributed by atoms with Crippen LogP contribution in [0.25, 0.3) is 0 Å². The van der Waals surface area contributed by atoms with Gasteiger partial charge in [0.25, 0.3) is 11.8 Å².